The maximum atomic E-state index is 5.67. The van der Waals surface area contributed by atoms with Crippen LogP contribution in [0.25, 0.3) is 22.4 Å². The molecule has 4 nitrogen and oxygen atoms in total. The number of aromatic nitrogens is 2. The van der Waals surface area contributed by atoms with E-state index in [1.54, 1.807) is 7.11 Å². The van der Waals surface area contributed by atoms with Gasteiger partial charge in [0, 0.05) is 12.1 Å². The first-order valence-corrected chi connectivity index (χ1v) is 8.46. The standard InChI is InChI=1S/C20H25N3O/c1-14-11-18-19(12-15(14)2)23(10-5-4-9-21)20(22-18)16-7-6-8-17(13-16)24-3/h6-8,11-13H,4-5,9-10,21H2,1-3H3. The second-order valence-electron chi connectivity index (χ2n) is 6.24. The highest BCUT2D eigenvalue weighted by molar-refractivity contribution is 5.82. The largest absolute Gasteiger partial charge is 0.497 e. The summed E-state index contributed by atoms with van der Waals surface area (Å²) in [5.74, 6) is 1.84. The Hall–Kier alpha value is -2.33. The van der Waals surface area contributed by atoms with Crippen LogP contribution >= 0.6 is 0 Å². The summed E-state index contributed by atoms with van der Waals surface area (Å²) in [5, 5.41) is 0. The Labute approximate surface area is 143 Å². The van der Waals surface area contributed by atoms with Gasteiger partial charge in [-0.15, -0.1) is 0 Å². The van der Waals surface area contributed by atoms with Crippen molar-refractivity contribution in [3.63, 3.8) is 0 Å². The van der Waals surface area contributed by atoms with Crippen molar-refractivity contribution in [2.75, 3.05) is 13.7 Å². The van der Waals surface area contributed by atoms with Crippen molar-refractivity contribution in [1.82, 2.24) is 9.55 Å². The van der Waals surface area contributed by atoms with Gasteiger partial charge >= 0.3 is 0 Å². The summed E-state index contributed by atoms with van der Waals surface area (Å²) < 4.78 is 7.69. The first kappa shape index (κ1) is 16.5. The molecule has 0 saturated heterocycles. The van der Waals surface area contributed by atoms with E-state index in [1.165, 1.54) is 16.6 Å². The number of nitrogens with two attached hydrogens (primary N) is 1. The molecule has 0 aliphatic heterocycles. The quantitative estimate of drug-likeness (QED) is 0.696. The molecule has 0 radical (unpaired) electrons. The number of unbranched alkanes of at least 4 members (excludes halogenated alkanes) is 1. The van der Waals surface area contributed by atoms with Crippen LogP contribution in [0.4, 0.5) is 0 Å². The zero-order valence-corrected chi connectivity index (χ0v) is 14.7. The number of fused-ring (bicyclic) bond motifs is 1. The van der Waals surface area contributed by atoms with Crippen molar-refractivity contribution in [2.45, 2.75) is 33.2 Å². The van der Waals surface area contributed by atoms with Gasteiger partial charge in [-0.05, 0) is 68.6 Å². The summed E-state index contributed by atoms with van der Waals surface area (Å²) in [5.41, 5.74) is 11.5. The van der Waals surface area contributed by atoms with Gasteiger partial charge in [0.2, 0.25) is 0 Å². The summed E-state index contributed by atoms with van der Waals surface area (Å²) >= 11 is 0. The van der Waals surface area contributed by atoms with E-state index in [-0.39, 0.29) is 0 Å². The Morgan fingerprint density at radius 2 is 1.88 bits per heavy atom. The summed E-state index contributed by atoms with van der Waals surface area (Å²) in [6.07, 6.45) is 2.06. The van der Waals surface area contributed by atoms with E-state index in [9.17, 15) is 0 Å². The predicted molar refractivity (Wildman–Crippen MR) is 99.5 cm³/mol. The van der Waals surface area contributed by atoms with Crippen LogP contribution in [0.5, 0.6) is 5.75 Å². The van der Waals surface area contributed by atoms with Crippen LogP contribution in [0.2, 0.25) is 0 Å². The van der Waals surface area contributed by atoms with Gasteiger partial charge in [-0.1, -0.05) is 12.1 Å². The zero-order chi connectivity index (χ0) is 17.1. The molecule has 2 aromatic carbocycles. The minimum Gasteiger partial charge on any atom is -0.497 e. The Bertz CT molecular complexity index is 851. The predicted octanol–water partition coefficient (Wildman–Crippen LogP) is 4.07. The van der Waals surface area contributed by atoms with Crippen molar-refractivity contribution in [2.24, 2.45) is 5.73 Å². The highest BCUT2D eigenvalue weighted by Gasteiger charge is 2.14. The van der Waals surface area contributed by atoms with Gasteiger partial charge in [0.1, 0.15) is 11.6 Å². The van der Waals surface area contributed by atoms with E-state index in [0.29, 0.717) is 0 Å². The lowest BCUT2D eigenvalue weighted by Gasteiger charge is -2.10. The maximum Gasteiger partial charge on any atom is 0.141 e. The molecular formula is C20H25N3O. The first-order chi connectivity index (χ1) is 11.6. The Morgan fingerprint density at radius 3 is 2.62 bits per heavy atom. The molecule has 2 N–H and O–H groups in total. The van der Waals surface area contributed by atoms with Crippen LogP contribution in [-0.2, 0) is 6.54 Å². The van der Waals surface area contributed by atoms with E-state index in [1.807, 2.05) is 18.2 Å². The second-order valence-corrected chi connectivity index (χ2v) is 6.24. The van der Waals surface area contributed by atoms with E-state index in [2.05, 4.69) is 36.6 Å². The highest BCUT2D eigenvalue weighted by Crippen LogP contribution is 2.29. The average molecular weight is 323 g/mol. The SMILES string of the molecule is COc1cccc(-c2nc3cc(C)c(C)cc3n2CCCCN)c1. The normalized spacial score (nSPS) is 11.2. The van der Waals surface area contributed by atoms with Gasteiger partial charge in [0.25, 0.3) is 0 Å². The Morgan fingerprint density at radius 1 is 1.08 bits per heavy atom. The van der Waals surface area contributed by atoms with Gasteiger partial charge in [0.05, 0.1) is 18.1 Å². The molecule has 0 unspecified atom stereocenters. The lowest BCUT2D eigenvalue weighted by Crippen LogP contribution is -2.05. The van der Waals surface area contributed by atoms with Crippen LogP contribution in [0.15, 0.2) is 36.4 Å². The van der Waals surface area contributed by atoms with Crippen LogP contribution < -0.4 is 10.5 Å². The lowest BCUT2D eigenvalue weighted by atomic mass is 10.1. The average Bonchev–Trinajstić information content (AvgIpc) is 2.93. The monoisotopic (exact) mass is 323 g/mol. The Balaban J connectivity index is 2.15. The molecule has 4 heteroatoms. The zero-order valence-electron chi connectivity index (χ0n) is 14.7. The number of nitrogens with zero attached hydrogens (tertiary/aromatic N) is 2. The second kappa shape index (κ2) is 7.05. The molecular weight excluding hydrogens is 298 g/mol. The van der Waals surface area contributed by atoms with Crippen molar-refractivity contribution in [3.8, 4) is 17.1 Å². The molecule has 0 spiro atoms. The summed E-state index contributed by atoms with van der Waals surface area (Å²) in [7, 11) is 1.69. The molecule has 1 heterocycles. The Kier molecular flexibility index (Phi) is 4.86. The number of aryl methyl sites for hydroxylation is 3. The summed E-state index contributed by atoms with van der Waals surface area (Å²) in [6, 6.07) is 12.5. The fourth-order valence-electron chi connectivity index (χ4n) is 3.00. The number of methoxy groups -OCH3 is 1. The van der Waals surface area contributed by atoms with E-state index < -0.39 is 0 Å². The fourth-order valence-corrected chi connectivity index (χ4v) is 3.00. The molecule has 24 heavy (non-hydrogen) atoms. The minimum atomic E-state index is 0.721. The fraction of sp³-hybridized carbons (Fsp3) is 0.350. The van der Waals surface area contributed by atoms with Gasteiger partial charge in [0.15, 0.2) is 0 Å². The third-order valence-corrected chi connectivity index (χ3v) is 4.53. The van der Waals surface area contributed by atoms with Crippen LogP contribution in [0.3, 0.4) is 0 Å². The smallest absolute Gasteiger partial charge is 0.141 e. The first-order valence-electron chi connectivity index (χ1n) is 8.46. The summed E-state index contributed by atoms with van der Waals surface area (Å²) in [6.45, 7) is 5.92. The van der Waals surface area contributed by atoms with Gasteiger partial charge < -0.3 is 15.0 Å². The topological polar surface area (TPSA) is 53.1 Å². The molecule has 0 aliphatic carbocycles. The van der Waals surface area contributed by atoms with Crippen molar-refractivity contribution < 1.29 is 4.74 Å². The number of hydrogen-bond acceptors (Lipinski definition) is 3. The molecule has 0 atom stereocenters. The molecule has 1 aromatic heterocycles. The third kappa shape index (κ3) is 3.15. The molecule has 126 valence electrons. The van der Waals surface area contributed by atoms with Crippen molar-refractivity contribution in [1.29, 1.82) is 0 Å². The van der Waals surface area contributed by atoms with Gasteiger partial charge in [-0.2, -0.15) is 0 Å². The van der Waals surface area contributed by atoms with Crippen molar-refractivity contribution in [3.05, 3.63) is 47.5 Å². The number of benzene rings is 2. The minimum absolute atomic E-state index is 0.721. The highest BCUT2D eigenvalue weighted by atomic mass is 16.5. The van der Waals surface area contributed by atoms with E-state index >= 15 is 0 Å². The summed E-state index contributed by atoms with van der Waals surface area (Å²) in [4.78, 5) is 4.92. The van der Waals surface area contributed by atoms with Gasteiger partial charge in [-0.3, -0.25) is 0 Å². The molecule has 3 rings (SSSR count). The van der Waals surface area contributed by atoms with Crippen LogP contribution in [0, 0.1) is 13.8 Å². The van der Waals surface area contributed by atoms with E-state index in [4.69, 9.17) is 15.5 Å². The number of rotatable bonds is 6. The maximum absolute atomic E-state index is 5.67. The number of imidazole rings is 1. The third-order valence-electron chi connectivity index (χ3n) is 4.53. The molecule has 0 aliphatic rings. The van der Waals surface area contributed by atoms with E-state index in [0.717, 1.165) is 48.6 Å². The molecule has 0 fully saturated rings. The number of ether oxygens (including phenoxy) is 1. The molecule has 0 bridgehead atoms. The van der Waals surface area contributed by atoms with Crippen LogP contribution in [-0.4, -0.2) is 23.2 Å². The lowest BCUT2D eigenvalue weighted by molar-refractivity contribution is 0.415. The van der Waals surface area contributed by atoms with Crippen LogP contribution in [0.1, 0.15) is 24.0 Å². The van der Waals surface area contributed by atoms with Gasteiger partial charge in [-0.25, -0.2) is 4.98 Å². The van der Waals surface area contributed by atoms with Crippen molar-refractivity contribution >= 4 is 11.0 Å². The number of hydrogen-bond donors (Lipinski definition) is 1. The molecule has 0 saturated carbocycles. The molecule has 0 amide bonds. The molecule has 3 aromatic rings.